The number of nitrogens with one attached hydrogen (secondary N) is 2. The number of hydrogen-bond donors (Lipinski definition) is 2. The van der Waals surface area contributed by atoms with Gasteiger partial charge in [0.2, 0.25) is 10.0 Å². The van der Waals surface area contributed by atoms with Gasteiger partial charge in [-0.2, -0.15) is 0 Å². The van der Waals surface area contributed by atoms with Crippen LogP contribution in [-0.4, -0.2) is 27.1 Å². The van der Waals surface area contributed by atoms with Gasteiger partial charge < -0.3 is 5.32 Å². The van der Waals surface area contributed by atoms with E-state index in [1.54, 1.807) is 6.07 Å². The van der Waals surface area contributed by atoms with Gasteiger partial charge in [0.15, 0.2) is 0 Å². The highest BCUT2D eigenvalue weighted by atomic mass is 35.5. The minimum Gasteiger partial charge on any atom is -0.351 e. The fourth-order valence-electron chi connectivity index (χ4n) is 3.27. The Labute approximate surface area is 169 Å². The van der Waals surface area contributed by atoms with Crippen LogP contribution in [0.25, 0.3) is 0 Å². The lowest BCUT2D eigenvalue weighted by molar-refractivity contribution is 0.0928. The molecule has 1 aliphatic rings. The van der Waals surface area contributed by atoms with E-state index in [1.807, 2.05) is 24.3 Å². The quantitative estimate of drug-likeness (QED) is 0.725. The van der Waals surface area contributed by atoms with Gasteiger partial charge in [0.1, 0.15) is 0 Å². The van der Waals surface area contributed by atoms with Crippen molar-refractivity contribution in [2.75, 3.05) is 17.5 Å². The molecule has 0 unspecified atom stereocenters. The van der Waals surface area contributed by atoms with Gasteiger partial charge in [0, 0.05) is 22.5 Å². The average molecular weight is 427 g/mol. The Morgan fingerprint density at radius 2 is 1.78 bits per heavy atom. The van der Waals surface area contributed by atoms with Crippen LogP contribution in [0, 0.1) is 0 Å². The molecule has 1 fully saturated rings. The zero-order valence-corrected chi connectivity index (χ0v) is 17.1. The minimum atomic E-state index is -3.49. The number of sulfonamides is 1. The normalized spacial score (nSPS) is 15.7. The summed E-state index contributed by atoms with van der Waals surface area (Å²) in [5.41, 5.74) is 1.61. The molecule has 3 rings (SSSR count). The molecule has 5 nitrogen and oxygen atoms in total. The van der Waals surface area contributed by atoms with Gasteiger partial charge in [-0.15, -0.1) is 0 Å². The van der Waals surface area contributed by atoms with Crippen molar-refractivity contribution in [3.05, 3.63) is 63.6 Å². The molecule has 0 saturated heterocycles. The highest BCUT2D eigenvalue weighted by Gasteiger charge is 2.38. The predicted octanol–water partition coefficient (Wildman–Crippen LogP) is 4.22. The van der Waals surface area contributed by atoms with E-state index < -0.39 is 10.0 Å². The molecule has 1 saturated carbocycles. The Bertz CT molecular complexity index is 955. The van der Waals surface area contributed by atoms with Crippen LogP contribution in [0.5, 0.6) is 0 Å². The molecule has 2 aromatic rings. The summed E-state index contributed by atoms with van der Waals surface area (Å²) in [6, 6.07) is 12.2. The molecule has 1 aliphatic carbocycles. The monoisotopic (exact) mass is 426 g/mol. The molecular weight excluding hydrogens is 407 g/mol. The SMILES string of the molecule is CS(=O)(=O)Nc1cc(C(=O)NCC2(c3ccc(Cl)cc3)CCC2)ccc1Cl. The summed E-state index contributed by atoms with van der Waals surface area (Å²) in [4.78, 5) is 12.6. The summed E-state index contributed by atoms with van der Waals surface area (Å²) < 4.78 is 25.2. The summed E-state index contributed by atoms with van der Waals surface area (Å²) in [5.74, 6) is -0.275. The van der Waals surface area contributed by atoms with Crippen LogP contribution in [0.4, 0.5) is 5.69 Å². The highest BCUT2D eigenvalue weighted by molar-refractivity contribution is 7.92. The average Bonchev–Trinajstić information content (AvgIpc) is 2.56. The smallest absolute Gasteiger partial charge is 0.251 e. The van der Waals surface area contributed by atoms with Gasteiger partial charge >= 0.3 is 0 Å². The topological polar surface area (TPSA) is 75.3 Å². The van der Waals surface area contributed by atoms with E-state index in [1.165, 1.54) is 12.1 Å². The molecule has 0 heterocycles. The first-order valence-electron chi connectivity index (χ1n) is 8.50. The highest BCUT2D eigenvalue weighted by Crippen LogP contribution is 2.43. The minimum absolute atomic E-state index is 0.0828. The zero-order chi connectivity index (χ0) is 19.7. The van der Waals surface area contributed by atoms with E-state index in [0.717, 1.165) is 31.1 Å². The van der Waals surface area contributed by atoms with Crippen LogP contribution in [0.2, 0.25) is 10.0 Å². The largest absolute Gasteiger partial charge is 0.351 e. The maximum atomic E-state index is 12.6. The van der Waals surface area contributed by atoms with Crippen molar-refractivity contribution in [2.24, 2.45) is 0 Å². The third-order valence-corrected chi connectivity index (χ3v) is 6.05. The maximum Gasteiger partial charge on any atom is 0.251 e. The molecule has 0 aliphatic heterocycles. The molecule has 8 heteroatoms. The van der Waals surface area contributed by atoms with Gasteiger partial charge in [-0.3, -0.25) is 9.52 Å². The molecule has 0 aromatic heterocycles. The molecular formula is C19H20Cl2N2O3S. The Morgan fingerprint density at radius 1 is 1.11 bits per heavy atom. The number of rotatable bonds is 6. The summed E-state index contributed by atoms with van der Waals surface area (Å²) in [7, 11) is -3.49. The van der Waals surface area contributed by atoms with Crippen molar-refractivity contribution in [3.8, 4) is 0 Å². The third-order valence-electron chi connectivity index (χ3n) is 4.88. The van der Waals surface area contributed by atoms with E-state index in [0.29, 0.717) is 17.1 Å². The van der Waals surface area contributed by atoms with Crippen molar-refractivity contribution in [3.63, 3.8) is 0 Å². The number of carbonyl (C=O) groups excluding carboxylic acids is 1. The first-order chi connectivity index (χ1) is 12.7. The van der Waals surface area contributed by atoms with Gasteiger partial charge in [-0.25, -0.2) is 8.42 Å². The van der Waals surface area contributed by atoms with Crippen molar-refractivity contribution < 1.29 is 13.2 Å². The lowest BCUT2D eigenvalue weighted by Gasteiger charge is -2.42. The fraction of sp³-hybridized carbons (Fsp3) is 0.316. The molecule has 0 atom stereocenters. The van der Waals surface area contributed by atoms with Crippen LogP contribution >= 0.6 is 23.2 Å². The van der Waals surface area contributed by atoms with Crippen molar-refractivity contribution >= 4 is 44.8 Å². The molecule has 0 spiro atoms. The summed E-state index contributed by atoms with van der Waals surface area (Å²) in [6.07, 6.45) is 4.14. The lowest BCUT2D eigenvalue weighted by Crippen LogP contribution is -2.45. The third kappa shape index (κ3) is 4.75. The zero-order valence-electron chi connectivity index (χ0n) is 14.8. The van der Waals surface area contributed by atoms with E-state index in [-0.39, 0.29) is 22.0 Å². The van der Waals surface area contributed by atoms with Crippen LogP contribution in [0.1, 0.15) is 35.2 Å². The first kappa shape index (κ1) is 20.0. The Balaban J connectivity index is 1.73. The molecule has 0 bridgehead atoms. The number of amides is 1. The van der Waals surface area contributed by atoms with E-state index in [4.69, 9.17) is 23.2 Å². The lowest BCUT2D eigenvalue weighted by atomic mass is 9.64. The second kappa shape index (κ2) is 7.70. The van der Waals surface area contributed by atoms with Crippen LogP contribution < -0.4 is 10.0 Å². The number of hydrogen-bond acceptors (Lipinski definition) is 3. The Kier molecular flexibility index (Phi) is 5.70. The summed E-state index contributed by atoms with van der Waals surface area (Å²) in [5, 5.41) is 3.89. The number of halogens is 2. The van der Waals surface area contributed by atoms with E-state index >= 15 is 0 Å². The fourth-order valence-corrected chi connectivity index (χ4v) is 4.19. The van der Waals surface area contributed by atoms with Gasteiger partial charge in [0.25, 0.3) is 5.91 Å². The molecule has 27 heavy (non-hydrogen) atoms. The number of anilines is 1. The van der Waals surface area contributed by atoms with Gasteiger partial charge in [0.05, 0.1) is 17.0 Å². The van der Waals surface area contributed by atoms with Crippen molar-refractivity contribution in [1.29, 1.82) is 0 Å². The summed E-state index contributed by atoms with van der Waals surface area (Å²) in [6.45, 7) is 0.505. The second-order valence-electron chi connectivity index (χ2n) is 6.89. The van der Waals surface area contributed by atoms with Gasteiger partial charge in [-0.05, 0) is 48.7 Å². The Morgan fingerprint density at radius 3 is 2.33 bits per heavy atom. The van der Waals surface area contributed by atoms with Crippen molar-refractivity contribution in [1.82, 2.24) is 5.32 Å². The van der Waals surface area contributed by atoms with E-state index in [2.05, 4.69) is 10.0 Å². The summed E-state index contributed by atoms with van der Waals surface area (Å²) >= 11 is 12.0. The first-order valence-corrected chi connectivity index (χ1v) is 11.1. The van der Waals surface area contributed by atoms with Gasteiger partial charge in [-0.1, -0.05) is 41.8 Å². The molecule has 0 radical (unpaired) electrons. The predicted molar refractivity (Wildman–Crippen MR) is 109 cm³/mol. The molecule has 2 aromatic carbocycles. The standard InChI is InChI=1S/C19H20Cl2N2O3S/c1-27(25,26)23-17-11-13(3-8-16(17)21)18(24)22-12-19(9-2-10-19)14-4-6-15(20)7-5-14/h3-8,11,23H,2,9-10,12H2,1H3,(H,22,24). The number of carbonyl (C=O) groups is 1. The van der Waals surface area contributed by atoms with Crippen molar-refractivity contribution in [2.45, 2.75) is 24.7 Å². The molecule has 1 amide bonds. The second-order valence-corrected chi connectivity index (χ2v) is 9.48. The Hall–Kier alpha value is -1.76. The molecule has 2 N–H and O–H groups in total. The van der Waals surface area contributed by atoms with Crippen LogP contribution in [-0.2, 0) is 15.4 Å². The molecule has 144 valence electrons. The van der Waals surface area contributed by atoms with E-state index in [9.17, 15) is 13.2 Å². The number of benzene rings is 2. The maximum absolute atomic E-state index is 12.6. The van der Waals surface area contributed by atoms with Crippen LogP contribution in [0.15, 0.2) is 42.5 Å². The van der Waals surface area contributed by atoms with Crippen LogP contribution in [0.3, 0.4) is 0 Å².